The van der Waals surface area contributed by atoms with Crippen molar-refractivity contribution in [2.45, 2.75) is 25.7 Å². The van der Waals surface area contributed by atoms with Crippen molar-refractivity contribution in [3.05, 3.63) is 29.8 Å². The molecule has 102 valence electrons. The Kier molecular flexibility index (Phi) is 6.16. The molecule has 0 aromatic heterocycles. The summed E-state index contributed by atoms with van der Waals surface area (Å²) < 4.78 is 5.44. The first-order valence-electron chi connectivity index (χ1n) is 6.60. The van der Waals surface area contributed by atoms with E-state index in [0.717, 1.165) is 31.8 Å². The molecule has 0 radical (unpaired) electrons. The fraction of sp³-hybridized carbons (Fsp3) is 0.600. The molecule has 0 aliphatic heterocycles. The quantitative estimate of drug-likeness (QED) is 0.694. The summed E-state index contributed by atoms with van der Waals surface area (Å²) in [5.41, 5.74) is 1.33. The van der Waals surface area contributed by atoms with Gasteiger partial charge in [0.1, 0.15) is 5.75 Å². The minimum absolute atomic E-state index is 0.0756. The van der Waals surface area contributed by atoms with E-state index < -0.39 is 0 Å². The highest BCUT2D eigenvalue weighted by molar-refractivity contribution is 5.39. The van der Waals surface area contributed by atoms with E-state index in [4.69, 9.17) is 4.74 Å². The summed E-state index contributed by atoms with van der Waals surface area (Å²) in [4.78, 5) is 0. The molecule has 0 aliphatic carbocycles. The van der Waals surface area contributed by atoms with Crippen LogP contribution in [0.25, 0.3) is 0 Å². The number of benzene rings is 1. The van der Waals surface area contributed by atoms with Gasteiger partial charge in [0.15, 0.2) is 0 Å². The highest BCUT2D eigenvalue weighted by atomic mass is 16.5. The van der Waals surface area contributed by atoms with Gasteiger partial charge in [-0.25, -0.2) is 0 Å². The van der Waals surface area contributed by atoms with Crippen molar-refractivity contribution in [1.82, 2.24) is 10.6 Å². The summed E-state index contributed by atoms with van der Waals surface area (Å²) >= 11 is 0. The number of nitrogens with one attached hydrogen (secondary N) is 2. The molecular weight excluding hydrogens is 224 g/mol. The van der Waals surface area contributed by atoms with Gasteiger partial charge in [0.05, 0.1) is 7.11 Å². The first-order chi connectivity index (χ1) is 8.61. The second-order valence-corrected chi connectivity index (χ2v) is 5.22. The number of rotatable bonds is 8. The smallest absolute Gasteiger partial charge is 0.122 e. The average Bonchev–Trinajstić information content (AvgIpc) is 2.38. The minimum Gasteiger partial charge on any atom is -0.496 e. The molecule has 0 atom stereocenters. The zero-order valence-corrected chi connectivity index (χ0v) is 12.0. The fourth-order valence-electron chi connectivity index (χ4n) is 2.09. The van der Waals surface area contributed by atoms with Crippen molar-refractivity contribution < 1.29 is 4.74 Å². The van der Waals surface area contributed by atoms with Crippen molar-refractivity contribution in [3.63, 3.8) is 0 Å². The molecule has 1 rings (SSSR count). The molecule has 0 amide bonds. The van der Waals surface area contributed by atoms with Crippen molar-refractivity contribution in [2.75, 3.05) is 33.8 Å². The molecule has 2 N–H and O–H groups in total. The second kappa shape index (κ2) is 7.39. The van der Waals surface area contributed by atoms with Gasteiger partial charge in [-0.3, -0.25) is 0 Å². The summed E-state index contributed by atoms with van der Waals surface area (Å²) in [7, 11) is 3.72. The molecule has 1 aromatic rings. The van der Waals surface area contributed by atoms with Crippen LogP contribution in [0.5, 0.6) is 5.75 Å². The summed E-state index contributed by atoms with van der Waals surface area (Å²) in [6.45, 7) is 7.55. The number of methoxy groups -OCH3 is 1. The maximum absolute atomic E-state index is 5.44. The van der Waals surface area contributed by atoms with Gasteiger partial charge in [0.2, 0.25) is 0 Å². The molecule has 0 bridgehead atoms. The van der Waals surface area contributed by atoms with Crippen LogP contribution in [0.15, 0.2) is 24.3 Å². The summed E-state index contributed by atoms with van der Waals surface area (Å²) in [6.07, 6.45) is 1.15. The molecule has 0 unspecified atom stereocenters. The van der Waals surface area contributed by atoms with Crippen LogP contribution in [0, 0.1) is 0 Å². The Balaban J connectivity index is 2.56. The standard InChI is InChI=1S/C15H26N2O/c1-15(2,12-17-11-7-10-16-3)13-8-5-6-9-14(13)18-4/h5-6,8-9,16-17H,7,10-12H2,1-4H3. The Labute approximate surface area is 111 Å². The van der Waals surface area contributed by atoms with E-state index in [9.17, 15) is 0 Å². The van der Waals surface area contributed by atoms with Crippen LogP contribution in [-0.2, 0) is 5.41 Å². The number of para-hydroxylation sites is 1. The lowest BCUT2D eigenvalue weighted by Gasteiger charge is -2.27. The predicted molar refractivity (Wildman–Crippen MR) is 77.4 cm³/mol. The van der Waals surface area contributed by atoms with Crippen LogP contribution >= 0.6 is 0 Å². The molecule has 1 aromatic carbocycles. The zero-order chi connectivity index (χ0) is 13.4. The van der Waals surface area contributed by atoms with E-state index in [1.807, 2.05) is 19.2 Å². The van der Waals surface area contributed by atoms with Gasteiger partial charge in [0, 0.05) is 17.5 Å². The van der Waals surface area contributed by atoms with Crippen molar-refractivity contribution in [2.24, 2.45) is 0 Å². The normalized spacial score (nSPS) is 11.6. The van der Waals surface area contributed by atoms with Gasteiger partial charge in [-0.05, 0) is 32.6 Å². The Morgan fingerprint density at radius 1 is 1.17 bits per heavy atom. The van der Waals surface area contributed by atoms with Gasteiger partial charge in [0.25, 0.3) is 0 Å². The molecule has 3 nitrogen and oxygen atoms in total. The lowest BCUT2D eigenvalue weighted by atomic mass is 9.84. The number of hydrogen-bond acceptors (Lipinski definition) is 3. The van der Waals surface area contributed by atoms with E-state index in [0.29, 0.717) is 0 Å². The van der Waals surface area contributed by atoms with Crippen molar-refractivity contribution in [3.8, 4) is 5.75 Å². The first-order valence-corrected chi connectivity index (χ1v) is 6.60. The summed E-state index contributed by atoms with van der Waals surface area (Å²) in [5, 5.41) is 6.67. The molecule has 3 heteroatoms. The van der Waals surface area contributed by atoms with Gasteiger partial charge >= 0.3 is 0 Å². The monoisotopic (exact) mass is 250 g/mol. The van der Waals surface area contributed by atoms with Gasteiger partial charge < -0.3 is 15.4 Å². The van der Waals surface area contributed by atoms with Crippen LogP contribution in [0.1, 0.15) is 25.8 Å². The van der Waals surface area contributed by atoms with Crippen LogP contribution in [0.4, 0.5) is 0 Å². The molecule has 18 heavy (non-hydrogen) atoms. The van der Waals surface area contributed by atoms with E-state index >= 15 is 0 Å². The largest absolute Gasteiger partial charge is 0.496 e. The SMILES string of the molecule is CNCCCNCC(C)(C)c1ccccc1OC. The molecule has 0 aliphatic rings. The molecule has 0 saturated carbocycles. The molecule has 0 fully saturated rings. The highest BCUT2D eigenvalue weighted by Gasteiger charge is 2.23. The van der Waals surface area contributed by atoms with Gasteiger partial charge in [-0.2, -0.15) is 0 Å². The molecule has 0 spiro atoms. The molecule has 0 heterocycles. The predicted octanol–water partition coefficient (Wildman–Crippen LogP) is 2.17. The number of ether oxygens (including phenoxy) is 1. The van der Waals surface area contributed by atoms with Crippen LogP contribution in [0.2, 0.25) is 0 Å². The Hall–Kier alpha value is -1.06. The van der Waals surface area contributed by atoms with Crippen LogP contribution < -0.4 is 15.4 Å². The lowest BCUT2D eigenvalue weighted by molar-refractivity contribution is 0.385. The van der Waals surface area contributed by atoms with Crippen molar-refractivity contribution in [1.29, 1.82) is 0 Å². The minimum atomic E-state index is 0.0756. The third-order valence-corrected chi connectivity index (χ3v) is 3.18. The lowest BCUT2D eigenvalue weighted by Crippen LogP contribution is -2.34. The third kappa shape index (κ3) is 4.31. The van der Waals surface area contributed by atoms with E-state index in [2.05, 4.69) is 36.6 Å². The summed E-state index contributed by atoms with van der Waals surface area (Å²) in [5.74, 6) is 0.972. The maximum atomic E-state index is 5.44. The number of hydrogen-bond donors (Lipinski definition) is 2. The third-order valence-electron chi connectivity index (χ3n) is 3.18. The van der Waals surface area contributed by atoms with E-state index in [1.165, 1.54) is 5.56 Å². The Morgan fingerprint density at radius 3 is 2.56 bits per heavy atom. The maximum Gasteiger partial charge on any atom is 0.122 e. The van der Waals surface area contributed by atoms with Gasteiger partial charge in [-0.15, -0.1) is 0 Å². The second-order valence-electron chi connectivity index (χ2n) is 5.22. The molecular formula is C15H26N2O. The Morgan fingerprint density at radius 2 is 1.89 bits per heavy atom. The van der Waals surface area contributed by atoms with E-state index in [-0.39, 0.29) is 5.41 Å². The summed E-state index contributed by atoms with van der Waals surface area (Å²) in [6, 6.07) is 8.26. The average molecular weight is 250 g/mol. The van der Waals surface area contributed by atoms with Crippen molar-refractivity contribution >= 4 is 0 Å². The molecule has 0 saturated heterocycles. The topological polar surface area (TPSA) is 33.3 Å². The highest BCUT2D eigenvalue weighted by Crippen LogP contribution is 2.30. The Bertz CT molecular complexity index is 350. The zero-order valence-electron chi connectivity index (χ0n) is 12.0. The van der Waals surface area contributed by atoms with Crippen LogP contribution in [0.3, 0.4) is 0 Å². The fourth-order valence-corrected chi connectivity index (χ4v) is 2.09. The van der Waals surface area contributed by atoms with E-state index in [1.54, 1.807) is 7.11 Å². The first kappa shape index (κ1) is 15.0. The van der Waals surface area contributed by atoms with Gasteiger partial charge in [-0.1, -0.05) is 32.0 Å². The van der Waals surface area contributed by atoms with Crippen LogP contribution in [-0.4, -0.2) is 33.8 Å².